The van der Waals surface area contributed by atoms with E-state index in [1.54, 1.807) is 47.0 Å². The molecular weight excluding hydrogens is 448 g/mol. The summed E-state index contributed by atoms with van der Waals surface area (Å²) in [6.45, 7) is 3.14. The number of nitrogens with zero attached hydrogens (tertiary/aromatic N) is 3. The Hall–Kier alpha value is -1.77. The molecule has 0 unspecified atom stereocenters. The molecule has 0 saturated carbocycles. The molecule has 1 aromatic heterocycles. The highest BCUT2D eigenvalue weighted by Crippen LogP contribution is 2.25. The molecule has 0 spiro atoms. The molecule has 1 saturated heterocycles. The van der Waals surface area contributed by atoms with Gasteiger partial charge in [0.25, 0.3) is 0 Å². The lowest BCUT2D eigenvalue weighted by Crippen LogP contribution is -2.49. The van der Waals surface area contributed by atoms with Crippen molar-refractivity contribution >= 4 is 45.6 Å². The molecule has 5 nitrogen and oxygen atoms in total. The number of benzene rings is 2. The standard InChI is InChI=1S/C21H22FN3O2S.2ClH/c22-19-6-4-17(5-7-19)9-11-24-12-14-25(15-13-24)28(26,27)21-3-1-2-18-16-23-10-8-20(18)21;;/h1-8,10,16H,9,11-15H2;2*1H. The number of hydrogen-bond donors (Lipinski definition) is 0. The second-order valence-corrected chi connectivity index (χ2v) is 8.88. The maximum Gasteiger partial charge on any atom is 0.243 e. The lowest BCUT2D eigenvalue weighted by molar-refractivity contribution is 0.190. The summed E-state index contributed by atoms with van der Waals surface area (Å²) in [6, 6.07) is 13.6. The van der Waals surface area contributed by atoms with Crippen molar-refractivity contribution in [2.24, 2.45) is 0 Å². The van der Waals surface area contributed by atoms with E-state index >= 15 is 0 Å². The minimum atomic E-state index is -3.55. The van der Waals surface area contributed by atoms with Gasteiger partial charge in [0.1, 0.15) is 5.82 Å². The Kier molecular flexibility index (Phi) is 8.58. The minimum absolute atomic E-state index is 0. The number of fused-ring (bicyclic) bond motifs is 1. The highest BCUT2D eigenvalue weighted by atomic mass is 35.5. The molecule has 162 valence electrons. The van der Waals surface area contributed by atoms with Crippen LogP contribution in [0.1, 0.15) is 5.56 Å². The fraction of sp³-hybridized carbons (Fsp3) is 0.286. The van der Waals surface area contributed by atoms with Crippen LogP contribution in [0, 0.1) is 5.82 Å². The third-order valence-electron chi connectivity index (χ3n) is 5.22. The predicted molar refractivity (Wildman–Crippen MR) is 122 cm³/mol. The summed E-state index contributed by atoms with van der Waals surface area (Å²) in [5.74, 6) is -0.230. The Bertz CT molecular complexity index is 1070. The largest absolute Gasteiger partial charge is 0.300 e. The maximum atomic E-state index is 13.2. The van der Waals surface area contributed by atoms with Crippen molar-refractivity contribution in [1.82, 2.24) is 14.2 Å². The summed E-state index contributed by atoms with van der Waals surface area (Å²) in [7, 11) is -3.55. The van der Waals surface area contributed by atoms with Gasteiger partial charge < -0.3 is 4.90 Å². The molecular formula is C21H24Cl2FN3O2S. The molecule has 1 aliphatic heterocycles. The first-order valence-corrected chi connectivity index (χ1v) is 10.8. The molecule has 3 aromatic rings. The predicted octanol–water partition coefficient (Wildman–Crippen LogP) is 3.77. The van der Waals surface area contributed by atoms with Gasteiger partial charge in [-0.2, -0.15) is 4.31 Å². The second-order valence-electron chi connectivity index (χ2n) is 6.98. The van der Waals surface area contributed by atoms with Crippen LogP contribution in [0.5, 0.6) is 0 Å². The van der Waals surface area contributed by atoms with Crippen molar-refractivity contribution in [2.45, 2.75) is 11.3 Å². The van der Waals surface area contributed by atoms with E-state index in [2.05, 4.69) is 9.88 Å². The summed E-state index contributed by atoms with van der Waals surface area (Å²) >= 11 is 0. The smallest absolute Gasteiger partial charge is 0.243 e. The van der Waals surface area contributed by atoms with Gasteiger partial charge in [-0.25, -0.2) is 12.8 Å². The van der Waals surface area contributed by atoms with Crippen LogP contribution in [-0.2, 0) is 16.4 Å². The summed E-state index contributed by atoms with van der Waals surface area (Å²) < 4.78 is 40.9. The van der Waals surface area contributed by atoms with Crippen LogP contribution in [0.2, 0.25) is 0 Å². The van der Waals surface area contributed by atoms with Crippen LogP contribution < -0.4 is 0 Å². The maximum absolute atomic E-state index is 13.2. The molecule has 0 amide bonds. The number of aromatic nitrogens is 1. The Morgan fingerprint density at radius 1 is 0.933 bits per heavy atom. The van der Waals surface area contributed by atoms with Crippen LogP contribution in [0.4, 0.5) is 4.39 Å². The van der Waals surface area contributed by atoms with Crippen molar-refractivity contribution in [3.8, 4) is 0 Å². The first-order chi connectivity index (χ1) is 13.5. The number of halogens is 3. The van der Waals surface area contributed by atoms with Gasteiger partial charge in [0.2, 0.25) is 10.0 Å². The fourth-order valence-corrected chi connectivity index (χ4v) is 5.23. The molecule has 0 radical (unpaired) electrons. The Balaban J connectivity index is 0.00000160. The van der Waals surface area contributed by atoms with Crippen molar-refractivity contribution in [3.05, 3.63) is 72.3 Å². The van der Waals surface area contributed by atoms with Crippen LogP contribution >= 0.6 is 24.8 Å². The summed E-state index contributed by atoms with van der Waals surface area (Å²) in [5, 5.41) is 1.53. The average Bonchev–Trinajstić information content (AvgIpc) is 2.73. The quantitative estimate of drug-likeness (QED) is 0.568. The van der Waals surface area contributed by atoms with Crippen LogP contribution in [-0.4, -0.2) is 55.3 Å². The molecule has 1 aliphatic rings. The van der Waals surface area contributed by atoms with Gasteiger partial charge in [-0.3, -0.25) is 4.98 Å². The van der Waals surface area contributed by atoms with E-state index in [0.717, 1.165) is 23.9 Å². The number of piperazine rings is 1. The van der Waals surface area contributed by atoms with E-state index < -0.39 is 10.0 Å². The van der Waals surface area contributed by atoms with Gasteiger partial charge in [0.15, 0.2) is 0 Å². The monoisotopic (exact) mass is 471 g/mol. The molecule has 9 heteroatoms. The van der Waals surface area contributed by atoms with Gasteiger partial charge in [-0.05, 0) is 36.2 Å². The molecule has 0 N–H and O–H groups in total. The molecule has 0 atom stereocenters. The van der Waals surface area contributed by atoms with E-state index in [0.29, 0.717) is 36.5 Å². The second kappa shape index (κ2) is 10.5. The molecule has 1 fully saturated rings. The van der Waals surface area contributed by atoms with Gasteiger partial charge in [-0.15, -0.1) is 24.8 Å². The number of sulfonamides is 1. The average molecular weight is 472 g/mol. The van der Waals surface area contributed by atoms with Gasteiger partial charge in [0, 0.05) is 55.9 Å². The van der Waals surface area contributed by atoms with Gasteiger partial charge >= 0.3 is 0 Å². The molecule has 0 bridgehead atoms. The topological polar surface area (TPSA) is 53.5 Å². The molecule has 2 heterocycles. The first kappa shape index (κ1) is 24.5. The number of rotatable bonds is 5. The van der Waals surface area contributed by atoms with Gasteiger partial charge in [0.05, 0.1) is 4.90 Å². The normalized spacial score (nSPS) is 15.4. The van der Waals surface area contributed by atoms with Crippen molar-refractivity contribution in [3.63, 3.8) is 0 Å². The molecule has 0 aliphatic carbocycles. The van der Waals surface area contributed by atoms with E-state index in [4.69, 9.17) is 0 Å². The summed E-state index contributed by atoms with van der Waals surface area (Å²) in [4.78, 5) is 6.67. The lowest BCUT2D eigenvalue weighted by atomic mass is 10.1. The zero-order valence-corrected chi connectivity index (χ0v) is 18.7. The van der Waals surface area contributed by atoms with Crippen LogP contribution in [0.3, 0.4) is 0 Å². The molecule has 2 aromatic carbocycles. The molecule has 4 rings (SSSR count). The zero-order chi connectivity index (χ0) is 19.6. The Morgan fingerprint density at radius 3 is 2.33 bits per heavy atom. The fourth-order valence-electron chi connectivity index (χ4n) is 3.59. The van der Waals surface area contributed by atoms with Gasteiger partial charge in [-0.1, -0.05) is 24.3 Å². The van der Waals surface area contributed by atoms with E-state index in [1.807, 2.05) is 6.07 Å². The van der Waals surface area contributed by atoms with E-state index in [1.165, 1.54) is 12.1 Å². The Labute approximate surface area is 188 Å². The van der Waals surface area contributed by atoms with Crippen molar-refractivity contribution < 1.29 is 12.8 Å². The SMILES string of the molecule is Cl.Cl.O=S(=O)(c1cccc2cnccc12)N1CCN(CCc2ccc(F)cc2)CC1. The third-order valence-corrected chi connectivity index (χ3v) is 7.18. The minimum Gasteiger partial charge on any atom is -0.300 e. The first-order valence-electron chi connectivity index (χ1n) is 9.34. The number of pyridine rings is 1. The third kappa shape index (κ3) is 5.28. The van der Waals surface area contributed by atoms with Crippen molar-refractivity contribution in [2.75, 3.05) is 32.7 Å². The van der Waals surface area contributed by atoms with Crippen molar-refractivity contribution in [1.29, 1.82) is 0 Å². The van der Waals surface area contributed by atoms with Crippen LogP contribution in [0.25, 0.3) is 10.8 Å². The molecule has 30 heavy (non-hydrogen) atoms. The van der Waals surface area contributed by atoms with Crippen LogP contribution in [0.15, 0.2) is 65.8 Å². The zero-order valence-electron chi connectivity index (χ0n) is 16.3. The highest BCUT2D eigenvalue weighted by molar-refractivity contribution is 7.89. The lowest BCUT2D eigenvalue weighted by Gasteiger charge is -2.34. The summed E-state index contributed by atoms with van der Waals surface area (Å²) in [6.07, 6.45) is 4.12. The summed E-state index contributed by atoms with van der Waals surface area (Å²) in [5.41, 5.74) is 1.08. The Morgan fingerprint density at radius 2 is 1.63 bits per heavy atom. The number of hydrogen-bond acceptors (Lipinski definition) is 4. The van der Waals surface area contributed by atoms with E-state index in [-0.39, 0.29) is 30.6 Å². The van der Waals surface area contributed by atoms with E-state index in [9.17, 15) is 12.8 Å². The highest BCUT2D eigenvalue weighted by Gasteiger charge is 2.29.